The van der Waals surface area contributed by atoms with Gasteiger partial charge in [0.1, 0.15) is 5.82 Å². The predicted molar refractivity (Wildman–Crippen MR) is 93.1 cm³/mol. The Bertz CT molecular complexity index is 796. The largest absolute Gasteiger partial charge is 0.294 e. The van der Waals surface area contributed by atoms with Crippen LogP contribution in [0.15, 0.2) is 36.4 Å². The molecule has 0 saturated heterocycles. The normalized spacial score (nSPS) is 11.2. The van der Waals surface area contributed by atoms with Crippen molar-refractivity contribution in [2.24, 2.45) is 0 Å². The Hall–Kier alpha value is -0.780. The van der Waals surface area contributed by atoms with E-state index in [0.29, 0.717) is 10.9 Å². The van der Waals surface area contributed by atoms with Gasteiger partial charge in [-0.2, -0.15) is 0 Å². The Labute approximate surface area is 140 Å². The summed E-state index contributed by atoms with van der Waals surface area (Å²) in [6.45, 7) is 2.05. The molecule has 0 radical (unpaired) electrons. The van der Waals surface area contributed by atoms with Crippen LogP contribution < -0.4 is 0 Å². The van der Waals surface area contributed by atoms with E-state index in [2.05, 4.69) is 27.6 Å². The molecule has 0 amide bonds. The highest BCUT2D eigenvalue weighted by atomic mass is 127. The number of para-hydroxylation sites is 1. The molecule has 0 unspecified atom stereocenters. The van der Waals surface area contributed by atoms with Crippen LogP contribution in [0.3, 0.4) is 0 Å². The van der Waals surface area contributed by atoms with Crippen molar-refractivity contribution in [2.75, 3.05) is 0 Å². The number of aryl methyl sites for hydroxylation is 1. The van der Waals surface area contributed by atoms with E-state index in [1.165, 1.54) is 0 Å². The molecule has 0 atom stereocenters. The molecule has 0 N–H and O–H groups in total. The van der Waals surface area contributed by atoms with E-state index in [1.54, 1.807) is 0 Å². The van der Waals surface area contributed by atoms with Crippen molar-refractivity contribution in [1.29, 1.82) is 0 Å². The number of nitrogens with zero attached hydrogens (tertiary/aromatic N) is 2. The smallest absolute Gasteiger partial charge is 0.129 e. The summed E-state index contributed by atoms with van der Waals surface area (Å²) in [5, 5.41) is 0.698. The third kappa shape index (κ3) is 2.32. The number of rotatable bonds is 2. The molecule has 1 heterocycles. The lowest BCUT2D eigenvalue weighted by atomic mass is 10.2. The van der Waals surface area contributed by atoms with E-state index >= 15 is 0 Å². The molecule has 20 heavy (non-hydrogen) atoms. The Kier molecular flexibility index (Phi) is 3.93. The second-order valence-corrected chi connectivity index (χ2v) is 6.46. The summed E-state index contributed by atoms with van der Waals surface area (Å²) in [4.78, 5) is 4.64. The molecule has 0 aliphatic heterocycles. The van der Waals surface area contributed by atoms with Gasteiger partial charge in [-0.15, -0.1) is 11.6 Å². The maximum atomic E-state index is 6.39. The highest BCUT2D eigenvalue weighted by molar-refractivity contribution is 14.1. The van der Waals surface area contributed by atoms with Crippen LogP contribution in [-0.2, 0) is 5.88 Å². The zero-order chi connectivity index (χ0) is 14.3. The van der Waals surface area contributed by atoms with E-state index in [9.17, 15) is 0 Å². The van der Waals surface area contributed by atoms with Gasteiger partial charge in [-0.3, -0.25) is 4.57 Å². The molecule has 0 spiro atoms. The topological polar surface area (TPSA) is 17.8 Å². The fourth-order valence-corrected chi connectivity index (χ4v) is 3.43. The van der Waals surface area contributed by atoms with Crippen LogP contribution in [-0.4, -0.2) is 9.55 Å². The summed E-state index contributed by atoms with van der Waals surface area (Å²) in [5.74, 6) is 1.15. The van der Waals surface area contributed by atoms with Crippen molar-refractivity contribution >= 4 is 56.8 Å². The molecule has 0 aliphatic rings. The van der Waals surface area contributed by atoms with Crippen molar-refractivity contribution < 1.29 is 0 Å². The van der Waals surface area contributed by atoms with Crippen LogP contribution in [0.25, 0.3) is 16.7 Å². The second-order valence-electron chi connectivity index (χ2n) is 4.54. The number of imidazole rings is 1. The SMILES string of the molecule is Cc1cccc2c1nc(CCl)n2-c1ccc(I)cc1Cl. The minimum absolute atomic E-state index is 0.344. The van der Waals surface area contributed by atoms with Crippen molar-refractivity contribution in [3.8, 4) is 5.69 Å². The molecule has 2 aromatic carbocycles. The van der Waals surface area contributed by atoms with Gasteiger partial charge in [-0.25, -0.2) is 4.98 Å². The summed E-state index contributed by atoms with van der Waals surface area (Å²) in [6, 6.07) is 12.1. The van der Waals surface area contributed by atoms with E-state index in [-0.39, 0.29) is 0 Å². The molecular formula is C15H11Cl2IN2. The quantitative estimate of drug-likeness (QED) is 0.407. The lowest BCUT2D eigenvalue weighted by Gasteiger charge is -2.10. The van der Waals surface area contributed by atoms with Crippen molar-refractivity contribution in [3.05, 3.63) is 56.4 Å². The minimum Gasteiger partial charge on any atom is -0.294 e. The molecule has 0 fully saturated rings. The van der Waals surface area contributed by atoms with Crippen LogP contribution >= 0.6 is 45.8 Å². The van der Waals surface area contributed by atoms with Gasteiger partial charge in [0, 0.05) is 3.57 Å². The zero-order valence-electron chi connectivity index (χ0n) is 10.7. The van der Waals surface area contributed by atoms with Crippen molar-refractivity contribution in [3.63, 3.8) is 0 Å². The second kappa shape index (κ2) is 5.54. The number of fused-ring (bicyclic) bond motifs is 1. The monoisotopic (exact) mass is 416 g/mol. The third-order valence-electron chi connectivity index (χ3n) is 3.23. The molecule has 3 rings (SSSR count). The third-order valence-corrected chi connectivity index (χ3v) is 4.44. The number of aromatic nitrogens is 2. The fraction of sp³-hybridized carbons (Fsp3) is 0.133. The summed E-state index contributed by atoms with van der Waals surface area (Å²) >= 11 is 14.7. The Morgan fingerprint density at radius 3 is 2.75 bits per heavy atom. The summed E-state index contributed by atoms with van der Waals surface area (Å²) < 4.78 is 3.14. The van der Waals surface area contributed by atoms with Gasteiger partial charge in [-0.05, 0) is 59.3 Å². The first-order valence-corrected chi connectivity index (χ1v) is 8.09. The van der Waals surface area contributed by atoms with Crippen LogP contribution in [0.5, 0.6) is 0 Å². The molecule has 2 nitrogen and oxygen atoms in total. The Morgan fingerprint density at radius 1 is 1.25 bits per heavy atom. The van der Waals surface area contributed by atoms with Gasteiger partial charge in [0.15, 0.2) is 0 Å². The van der Waals surface area contributed by atoms with Gasteiger partial charge >= 0.3 is 0 Å². The lowest BCUT2D eigenvalue weighted by Crippen LogP contribution is -2.00. The number of alkyl halides is 1. The highest BCUT2D eigenvalue weighted by Gasteiger charge is 2.15. The average molecular weight is 417 g/mol. The number of halogens is 3. The van der Waals surface area contributed by atoms with Crippen LogP contribution in [0, 0.1) is 10.5 Å². The summed E-state index contributed by atoms with van der Waals surface area (Å²) in [7, 11) is 0. The van der Waals surface area contributed by atoms with Gasteiger partial charge in [0.2, 0.25) is 0 Å². The van der Waals surface area contributed by atoms with Crippen molar-refractivity contribution in [2.45, 2.75) is 12.8 Å². The molecule has 102 valence electrons. The predicted octanol–water partition coefficient (Wildman–Crippen LogP) is 5.33. The van der Waals surface area contributed by atoms with Gasteiger partial charge < -0.3 is 0 Å². The standard InChI is InChI=1S/C15H11Cl2IN2/c1-9-3-2-4-13-15(9)19-14(8-16)20(13)12-6-5-10(18)7-11(12)17/h2-7H,8H2,1H3. The van der Waals surface area contributed by atoms with Gasteiger partial charge in [0.05, 0.1) is 27.6 Å². The van der Waals surface area contributed by atoms with Gasteiger partial charge in [-0.1, -0.05) is 23.7 Å². The van der Waals surface area contributed by atoms with E-state index in [4.69, 9.17) is 23.2 Å². The fourth-order valence-electron chi connectivity index (χ4n) is 2.31. The minimum atomic E-state index is 0.344. The first-order chi connectivity index (χ1) is 9.61. The molecule has 1 aromatic heterocycles. The Balaban J connectivity index is 2.37. The summed E-state index contributed by atoms with van der Waals surface area (Å²) in [5.41, 5.74) is 4.05. The maximum absolute atomic E-state index is 6.39. The number of hydrogen-bond donors (Lipinski definition) is 0. The van der Waals surface area contributed by atoms with E-state index in [0.717, 1.165) is 31.7 Å². The van der Waals surface area contributed by atoms with Crippen LogP contribution in [0.1, 0.15) is 11.4 Å². The average Bonchev–Trinajstić information content (AvgIpc) is 2.79. The first-order valence-electron chi connectivity index (χ1n) is 6.10. The number of benzene rings is 2. The molecule has 5 heteroatoms. The highest BCUT2D eigenvalue weighted by Crippen LogP contribution is 2.29. The molecule has 0 saturated carbocycles. The first kappa shape index (κ1) is 14.2. The molecular weight excluding hydrogens is 406 g/mol. The van der Waals surface area contributed by atoms with Crippen molar-refractivity contribution in [1.82, 2.24) is 9.55 Å². The molecule has 0 aliphatic carbocycles. The molecule has 0 bridgehead atoms. The lowest BCUT2D eigenvalue weighted by molar-refractivity contribution is 0.981. The van der Waals surface area contributed by atoms with Crippen LogP contribution in [0.2, 0.25) is 5.02 Å². The van der Waals surface area contributed by atoms with Gasteiger partial charge in [0.25, 0.3) is 0 Å². The maximum Gasteiger partial charge on any atom is 0.129 e. The van der Waals surface area contributed by atoms with Crippen LogP contribution in [0.4, 0.5) is 0 Å². The summed E-state index contributed by atoms with van der Waals surface area (Å²) in [6.07, 6.45) is 0. The van der Waals surface area contributed by atoms with E-state index < -0.39 is 0 Å². The zero-order valence-corrected chi connectivity index (χ0v) is 14.4. The number of hydrogen-bond acceptors (Lipinski definition) is 1. The van der Waals surface area contributed by atoms with E-state index in [1.807, 2.05) is 47.9 Å². The Morgan fingerprint density at radius 2 is 2.05 bits per heavy atom. The molecule has 3 aromatic rings.